The summed E-state index contributed by atoms with van der Waals surface area (Å²) >= 11 is 1.52. The Balaban J connectivity index is 1.85. The summed E-state index contributed by atoms with van der Waals surface area (Å²) < 4.78 is 0. The molecule has 2 aromatic rings. The summed E-state index contributed by atoms with van der Waals surface area (Å²) in [5, 5.41) is 12.4. The van der Waals surface area contributed by atoms with Gasteiger partial charge in [-0.15, -0.1) is 0 Å². The molecule has 1 amide bonds. The summed E-state index contributed by atoms with van der Waals surface area (Å²) in [6.45, 7) is 8.56. The van der Waals surface area contributed by atoms with Crippen LogP contribution in [0.1, 0.15) is 63.7 Å². The molecular weight excluding hydrogens is 466 g/mol. The van der Waals surface area contributed by atoms with Gasteiger partial charge in [0.25, 0.3) is 5.91 Å². The predicted octanol–water partition coefficient (Wildman–Crippen LogP) is 7.69. The van der Waals surface area contributed by atoms with Crippen LogP contribution in [-0.2, 0) is 4.79 Å². The van der Waals surface area contributed by atoms with Gasteiger partial charge in [0.2, 0.25) is 0 Å². The normalized spacial score (nSPS) is 12.7. The van der Waals surface area contributed by atoms with Crippen molar-refractivity contribution in [3.8, 4) is 11.1 Å². The van der Waals surface area contributed by atoms with Crippen LogP contribution in [0.5, 0.6) is 0 Å². The number of carbonyl (C=O) groups excluding carboxylic acids is 1. The lowest BCUT2D eigenvalue weighted by molar-refractivity contribution is -0.138. The van der Waals surface area contributed by atoms with Gasteiger partial charge in [-0.2, -0.15) is 11.8 Å². The third kappa shape index (κ3) is 10.7. The number of hydrogen-bond donors (Lipinski definition) is 2. The van der Waals surface area contributed by atoms with Gasteiger partial charge in [-0.3, -0.25) is 4.79 Å². The Hall–Kier alpha value is -3.05. The molecule has 0 aliphatic rings. The number of carbonyl (C=O) groups is 2. The van der Waals surface area contributed by atoms with Crippen LogP contribution in [0.25, 0.3) is 11.1 Å². The molecule has 36 heavy (non-hydrogen) atoms. The number of thioether (sulfide) groups is 1. The Labute approximate surface area is 220 Å². The van der Waals surface area contributed by atoms with Crippen molar-refractivity contribution >= 4 is 23.6 Å². The van der Waals surface area contributed by atoms with Crippen molar-refractivity contribution in [2.45, 2.75) is 59.4 Å². The highest BCUT2D eigenvalue weighted by atomic mass is 32.2. The number of carboxylic acids is 1. The summed E-state index contributed by atoms with van der Waals surface area (Å²) in [5.41, 5.74) is 6.25. The van der Waals surface area contributed by atoms with E-state index in [9.17, 15) is 14.7 Å². The lowest BCUT2D eigenvalue weighted by Gasteiger charge is -2.16. The number of aliphatic carboxylic acids is 1. The molecule has 0 spiro atoms. The Morgan fingerprint density at radius 2 is 1.47 bits per heavy atom. The second-order valence-corrected chi connectivity index (χ2v) is 10.3. The smallest absolute Gasteiger partial charge is 0.327 e. The molecule has 4 nitrogen and oxygen atoms in total. The minimum absolute atomic E-state index is 0.307. The molecule has 192 valence electrons. The van der Waals surface area contributed by atoms with Crippen LogP contribution in [0.3, 0.4) is 0 Å². The summed E-state index contributed by atoms with van der Waals surface area (Å²) in [5.74, 6) is -0.375. The first-order valence-electron chi connectivity index (χ1n) is 12.5. The topological polar surface area (TPSA) is 66.4 Å². The molecule has 0 saturated heterocycles. The Morgan fingerprint density at radius 1 is 0.861 bits per heavy atom. The molecule has 2 aromatic carbocycles. The second kappa shape index (κ2) is 15.8. The molecule has 0 aliphatic heterocycles. The van der Waals surface area contributed by atoms with E-state index in [1.165, 1.54) is 28.5 Å². The van der Waals surface area contributed by atoms with Crippen molar-refractivity contribution in [3.63, 3.8) is 0 Å². The minimum atomic E-state index is -1.03. The third-order valence-electron chi connectivity index (χ3n) is 5.82. The predicted molar refractivity (Wildman–Crippen MR) is 154 cm³/mol. The summed E-state index contributed by atoms with van der Waals surface area (Å²) in [6.07, 6.45) is 10.9. The lowest BCUT2D eigenvalue weighted by Crippen LogP contribution is -2.42. The van der Waals surface area contributed by atoms with Gasteiger partial charge in [-0.05, 0) is 70.6 Å². The SMILES string of the molecule is CC(C)=CCC/C(C)=C/CC/C(C)=C/CSC[C@H](NC(=O)c1ccccc1-c1ccccc1)C(=O)O. The molecule has 0 saturated carbocycles. The van der Waals surface area contributed by atoms with Gasteiger partial charge in [-0.1, -0.05) is 83.5 Å². The molecule has 2 rings (SSSR count). The Morgan fingerprint density at radius 3 is 2.14 bits per heavy atom. The second-order valence-electron chi connectivity index (χ2n) is 9.27. The van der Waals surface area contributed by atoms with Crippen molar-refractivity contribution < 1.29 is 14.7 Å². The van der Waals surface area contributed by atoms with Gasteiger partial charge in [-0.25, -0.2) is 4.79 Å². The number of rotatable bonds is 14. The fourth-order valence-corrected chi connectivity index (χ4v) is 4.69. The average Bonchev–Trinajstić information content (AvgIpc) is 2.86. The maximum absolute atomic E-state index is 13.0. The molecule has 0 bridgehead atoms. The number of hydrogen-bond acceptors (Lipinski definition) is 3. The van der Waals surface area contributed by atoms with E-state index in [1.54, 1.807) is 12.1 Å². The number of nitrogens with one attached hydrogen (secondary N) is 1. The molecule has 2 N–H and O–H groups in total. The van der Waals surface area contributed by atoms with E-state index < -0.39 is 12.0 Å². The maximum atomic E-state index is 13.0. The van der Waals surface area contributed by atoms with Gasteiger partial charge >= 0.3 is 5.97 Å². The molecular formula is C31H39NO3S. The highest BCUT2D eigenvalue weighted by molar-refractivity contribution is 7.99. The van der Waals surface area contributed by atoms with E-state index in [4.69, 9.17) is 0 Å². The first-order valence-corrected chi connectivity index (χ1v) is 13.6. The number of amides is 1. The van der Waals surface area contributed by atoms with Gasteiger partial charge in [0, 0.05) is 17.1 Å². The largest absolute Gasteiger partial charge is 0.480 e. The van der Waals surface area contributed by atoms with Crippen LogP contribution in [0.15, 0.2) is 89.5 Å². The van der Waals surface area contributed by atoms with E-state index in [0.717, 1.165) is 42.6 Å². The van der Waals surface area contributed by atoms with E-state index in [0.29, 0.717) is 11.3 Å². The fourth-order valence-electron chi connectivity index (χ4n) is 3.69. The Kier molecular flexibility index (Phi) is 12.8. The summed E-state index contributed by atoms with van der Waals surface area (Å²) in [4.78, 5) is 24.8. The summed E-state index contributed by atoms with van der Waals surface area (Å²) in [6, 6.07) is 15.9. The first-order chi connectivity index (χ1) is 17.3. The monoisotopic (exact) mass is 505 g/mol. The van der Waals surface area contributed by atoms with Gasteiger partial charge < -0.3 is 10.4 Å². The number of allylic oxidation sites excluding steroid dienone is 5. The van der Waals surface area contributed by atoms with Crippen LogP contribution in [0.4, 0.5) is 0 Å². The number of benzene rings is 2. The zero-order chi connectivity index (χ0) is 26.3. The highest BCUT2D eigenvalue weighted by Crippen LogP contribution is 2.23. The standard InChI is InChI=1S/C31H39NO3S/c1-23(2)12-10-13-24(3)14-11-15-25(4)20-21-36-22-29(31(34)35)32-30(33)28-19-9-8-18-27(28)26-16-6-5-7-17-26/h5-9,12,14,16-20,29H,10-11,13,15,21-22H2,1-4H3,(H,32,33)(H,34,35)/b24-14+,25-20+/t29-/m0/s1. The van der Waals surface area contributed by atoms with Gasteiger partial charge in [0.1, 0.15) is 6.04 Å². The fraction of sp³-hybridized carbons (Fsp3) is 0.355. The van der Waals surface area contributed by atoms with Crippen molar-refractivity contribution in [2.24, 2.45) is 0 Å². The zero-order valence-corrected chi connectivity index (χ0v) is 22.7. The molecule has 0 fully saturated rings. The molecule has 0 radical (unpaired) electrons. The first kappa shape index (κ1) is 29.2. The third-order valence-corrected chi connectivity index (χ3v) is 6.79. The molecule has 1 atom stereocenters. The van der Waals surface area contributed by atoms with Crippen molar-refractivity contribution in [3.05, 3.63) is 95.1 Å². The molecule has 0 unspecified atom stereocenters. The van der Waals surface area contributed by atoms with Crippen LogP contribution in [0.2, 0.25) is 0 Å². The quantitative estimate of drug-likeness (QED) is 0.204. The van der Waals surface area contributed by atoms with Crippen molar-refractivity contribution in [1.82, 2.24) is 5.32 Å². The van der Waals surface area contributed by atoms with Crippen molar-refractivity contribution in [2.75, 3.05) is 11.5 Å². The molecule has 0 aliphatic carbocycles. The van der Waals surface area contributed by atoms with Crippen LogP contribution in [0, 0.1) is 0 Å². The maximum Gasteiger partial charge on any atom is 0.327 e. The Bertz CT molecular complexity index is 1080. The molecule has 0 aromatic heterocycles. The van der Waals surface area contributed by atoms with Gasteiger partial charge in [0.15, 0.2) is 0 Å². The lowest BCUT2D eigenvalue weighted by atomic mass is 9.99. The van der Waals surface area contributed by atoms with E-state index in [-0.39, 0.29) is 5.91 Å². The average molecular weight is 506 g/mol. The van der Waals surface area contributed by atoms with E-state index >= 15 is 0 Å². The number of carboxylic acid groups (broad SMARTS) is 1. The highest BCUT2D eigenvalue weighted by Gasteiger charge is 2.22. The van der Waals surface area contributed by atoms with Crippen LogP contribution >= 0.6 is 11.8 Å². The van der Waals surface area contributed by atoms with Crippen LogP contribution in [-0.4, -0.2) is 34.5 Å². The van der Waals surface area contributed by atoms with E-state index in [1.807, 2.05) is 42.5 Å². The van der Waals surface area contributed by atoms with Crippen molar-refractivity contribution in [1.29, 1.82) is 0 Å². The summed E-state index contributed by atoms with van der Waals surface area (Å²) in [7, 11) is 0. The van der Waals surface area contributed by atoms with E-state index in [2.05, 4.69) is 51.2 Å². The van der Waals surface area contributed by atoms with Crippen LogP contribution < -0.4 is 5.32 Å². The molecule has 0 heterocycles. The molecule has 5 heteroatoms. The van der Waals surface area contributed by atoms with Gasteiger partial charge in [0.05, 0.1) is 0 Å². The minimum Gasteiger partial charge on any atom is -0.480 e. The zero-order valence-electron chi connectivity index (χ0n) is 21.9.